The highest BCUT2D eigenvalue weighted by molar-refractivity contribution is 5.91. The van der Waals surface area contributed by atoms with Crippen LogP contribution in [0.3, 0.4) is 0 Å². The van der Waals surface area contributed by atoms with E-state index in [-0.39, 0.29) is 17.4 Å². The molecule has 2 aromatic carbocycles. The number of amides is 1. The van der Waals surface area contributed by atoms with E-state index >= 15 is 0 Å². The summed E-state index contributed by atoms with van der Waals surface area (Å²) in [5.74, 6) is 0.595. The first-order chi connectivity index (χ1) is 15.1. The molecule has 1 aromatic heterocycles. The van der Waals surface area contributed by atoms with Gasteiger partial charge in [0.05, 0.1) is 20.3 Å². The molecule has 1 heterocycles. The lowest BCUT2D eigenvalue weighted by Gasteiger charge is -2.21. The molecule has 1 N–H and O–H groups in total. The van der Waals surface area contributed by atoms with Gasteiger partial charge in [-0.15, -0.1) is 0 Å². The summed E-state index contributed by atoms with van der Waals surface area (Å²) in [6.07, 6.45) is 1.35. The Hall–Kier alpha value is -3.23. The fraction of sp³-hybridized carbons (Fsp3) is 0.304. The number of carbonyl (C=O) groups excluding carboxylic acids is 1. The van der Waals surface area contributed by atoms with Gasteiger partial charge in [0.2, 0.25) is 5.89 Å². The van der Waals surface area contributed by atoms with Gasteiger partial charge in [0, 0.05) is 26.7 Å². The average Bonchev–Trinajstić information content (AvgIpc) is 3.24. The van der Waals surface area contributed by atoms with E-state index in [4.69, 9.17) is 13.9 Å². The molecule has 0 radical (unpaired) electrons. The van der Waals surface area contributed by atoms with Crippen molar-refractivity contribution in [3.63, 3.8) is 0 Å². The summed E-state index contributed by atoms with van der Waals surface area (Å²) >= 11 is 0. The van der Waals surface area contributed by atoms with Crippen molar-refractivity contribution in [1.29, 1.82) is 0 Å². The van der Waals surface area contributed by atoms with Gasteiger partial charge in [-0.25, -0.2) is 9.37 Å². The Labute approximate surface area is 180 Å². The third kappa shape index (κ3) is 6.91. The monoisotopic (exact) mass is 427 g/mol. The van der Waals surface area contributed by atoms with Crippen molar-refractivity contribution in [1.82, 2.24) is 15.2 Å². The maximum atomic E-state index is 13.3. The molecular weight excluding hydrogens is 401 g/mol. The van der Waals surface area contributed by atoms with Crippen molar-refractivity contribution in [3.8, 4) is 5.75 Å². The van der Waals surface area contributed by atoms with Gasteiger partial charge in [-0.3, -0.25) is 9.69 Å². The van der Waals surface area contributed by atoms with Crippen LogP contribution < -0.4 is 10.1 Å². The molecule has 0 aliphatic heterocycles. The van der Waals surface area contributed by atoms with Crippen molar-refractivity contribution in [2.24, 2.45) is 0 Å². The number of oxazole rings is 1. The zero-order chi connectivity index (χ0) is 22.1. The van der Waals surface area contributed by atoms with Crippen molar-refractivity contribution in [2.75, 3.05) is 27.4 Å². The first-order valence-corrected chi connectivity index (χ1v) is 9.88. The molecule has 0 fully saturated rings. The molecule has 7 nitrogen and oxygen atoms in total. The number of hydrogen-bond donors (Lipinski definition) is 1. The lowest BCUT2D eigenvalue weighted by Crippen LogP contribution is -2.27. The van der Waals surface area contributed by atoms with Gasteiger partial charge in [0.25, 0.3) is 5.91 Å². The first kappa shape index (κ1) is 22.5. The fourth-order valence-corrected chi connectivity index (χ4v) is 3.08. The summed E-state index contributed by atoms with van der Waals surface area (Å²) in [5.41, 5.74) is 2.22. The molecule has 3 rings (SSSR count). The number of halogens is 1. The summed E-state index contributed by atoms with van der Waals surface area (Å²) in [4.78, 5) is 18.6. The summed E-state index contributed by atoms with van der Waals surface area (Å²) < 4.78 is 29.1. The van der Waals surface area contributed by atoms with Crippen molar-refractivity contribution >= 4 is 5.91 Å². The van der Waals surface area contributed by atoms with E-state index in [9.17, 15) is 9.18 Å². The fourth-order valence-electron chi connectivity index (χ4n) is 3.08. The maximum absolute atomic E-state index is 13.3. The van der Waals surface area contributed by atoms with Crippen LogP contribution in [0.1, 0.15) is 27.5 Å². The van der Waals surface area contributed by atoms with Crippen molar-refractivity contribution in [2.45, 2.75) is 19.6 Å². The van der Waals surface area contributed by atoms with Gasteiger partial charge < -0.3 is 19.2 Å². The number of nitrogens with one attached hydrogen (secondary N) is 1. The van der Waals surface area contributed by atoms with Crippen molar-refractivity contribution in [3.05, 3.63) is 83.3 Å². The molecule has 0 bridgehead atoms. The second-order valence-corrected chi connectivity index (χ2v) is 7.00. The largest absolute Gasteiger partial charge is 0.497 e. The van der Waals surface area contributed by atoms with Crippen LogP contribution in [-0.2, 0) is 24.4 Å². The van der Waals surface area contributed by atoms with E-state index in [1.165, 1.54) is 18.4 Å². The van der Waals surface area contributed by atoms with E-state index in [1.807, 2.05) is 24.3 Å². The molecule has 0 aliphatic rings. The molecule has 31 heavy (non-hydrogen) atoms. The number of carbonyl (C=O) groups is 1. The molecule has 164 valence electrons. The Bertz CT molecular complexity index is 975. The van der Waals surface area contributed by atoms with Gasteiger partial charge in [-0.2, -0.15) is 0 Å². The molecule has 0 saturated heterocycles. The van der Waals surface area contributed by atoms with Crippen LogP contribution in [0.25, 0.3) is 0 Å². The summed E-state index contributed by atoms with van der Waals surface area (Å²) in [7, 11) is 3.19. The van der Waals surface area contributed by atoms with Gasteiger partial charge in [0.15, 0.2) is 5.69 Å². The van der Waals surface area contributed by atoms with Crippen LogP contribution in [0.2, 0.25) is 0 Å². The van der Waals surface area contributed by atoms with E-state index < -0.39 is 0 Å². The van der Waals surface area contributed by atoms with Gasteiger partial charge in [-0.05, 0) is 35.4 Å². The Morgan fingerprint density at radius 1 is 1.10 bits per heavy atom. The van der Waals surface area contributed by atoms with E-state index in [0.29, 0.717) is 38.7 Å². The number of benzene rings is 2. The Morgan fingerprint density at radius 3 is 2.61 bits per heavy atom. The summed E-state index contributed by atoms with van der Waals surface area (Å²) in [5, 5.41) is 2.71. The normalized spacial score (nSPS) is 11.0. The van der Waals surface area contributed by atoms with Gasteiger partial charge >= 0.3 is 0 Å². The van der Waals surface area contributed by atoms with Crippen molar-refractivity contribution < 1.29 is 23.1 Å². The molecule has 3 aromatic rings. The second kappa shape index (κ2) is 11.2. The predicted molar refractivity (Wildman–Crippen MR) is 113 cm³/mol. The van der Waals surface area contributed by atoms with Crippen LogP contribution in [-0.4, -0.2) is 43.2 Å². The minimum Gasteiger partial charge on any atom is -0.497 e. The Kier molecular flexibility index (Phi) is 8.14. The van der Waals surface area contributed by atoms with E-state index in [2.05, 4.69) is 15.2 Å². The molecule has 0 aliphatic carbocycles. The lowest BCUT2D eigenvalue weighted by atomic mass is 10.1. The van der Waals surface area contributed by atoms with Crippen LogP contribution in [0.15, 0.2) is 59.2 Å². The predicted octanol–water partition coefficient (Wildman–Crippen LogP) is 3.40. The van der Waals surface area contributed by atoms with Gasteiger partial charge in [-0.1, -0.05) is 24.3 Å². The Morgan fingerprint density at radius 2 is 1.87 bits per heavy atom. The second-order valence-electron chi connectivity index (χ2n) is 7.00. The third-order valence-electron chi connectivity index (χ3n) is 4.59. The Balaban J connectivity index is 1.72. The topological polar surface area (TPSA) is 76.8 Å². The van der Waals surface area contributed by atoms with Crippen LogP contribution in [0.4, 0.5) is 4.39 Å². The SMILES string of the molecule is COCCNC(=O)c1coc(CN(Cc2ccc(F)cc2)Cc2cccc(OC)c2)n1. The molecule has 0 saturated carbocycles. The highest BCUT2D eigenvalue weighted by Crippen LogP contribution is 2.18. The number of nitrogens with zero attached hydrogens (tertiary/aromatic N) is 2. The smallest absolute Gasteiger partial charge is 0.273 e. The third-order valence-corrected chi connectivity index (χ3v) is 4.59. The molecule has 0 atom stereocenters. The maximum Gasteiger partial charge on any atom is 0.273 e. The lowest BCUT2D eigenvalue weighted by molar-refractivity contribution is 0.0932. The zero-order valence-electron chi connectivity index (χ0n) is 17.6. The number of aromatic nitrogens is 1. The quantitative estimate of drug-likeness (QED) is 0.473. The first-order valence-electron chi connectivity index (χ1n) is 9.88. The molecule has 1 amide bonds. The number of ether oxygens (including phenoxy) is 2. The minimum absolute atomic E-state index is 0.217. The summed E-state index contributed by atoms with van der Waals surface area (Å²) in [6, 6.07) is 14.1. The molecular formula is C23H26FN3O4. The van der Waals surface area contributed by atoms with E-state index in [0.717, 1.165) is 16.9 Å². The molecule has 0 spiro atoms. The van der Waals surface area contributed by atoms with Gasteiger partial charge in [0.1, 0.15) is 17.8 Å². The summed E-state index contributed by atoms with van der Waals surface area (Å²) in [6.45, 7) is 2.33. The standard InChI is InChI=1S/C23H26FN3O4/c1-29-11-10-25-23(28)21-16-31-22(26-21)15-27(13-17-6-8-19(24)9-7-17)14-18-4-3-5-20(12-18)30-2/h3-9,12,16H,10-11,13-15H2,1-2H3,(H,25,28). The zero-order valence-corrected chi connectivity index (χ0v) is 17.6. The number of hydrogen-bond acceptors (Lipinski definition) is 6. The van der Waals surface area contributed by atoms with Crippen LogP contribution >= 0.6 is 0 Å². The average molecular weight is 427 g/mol. The minimum atomic E-state index is -0.315. The highest BCUT2D eigenvalue weighted by atomic mass is 19.1. The molecule has 8 heteroatoms. The number of rotatable bonds is 11. The van der Waals surface area contributed by atoms with E-state index in [1.54, 1.807) is 26.4 Å². The molecule has 0 unspecified atom stereocenters. The highest BCUT2D eigenvalue weighted by Gasteiger charge is 2.16. The number of methoxy groups -OCH3 is 2. The van der Waals surface area contributed by atoms with Crippen LogP contribution in [0.5, 0.6) is 5.75 Å². The van der Waals surface area contributed by atoms with Crippen LogP contribution in [0, 0.1) is 5.82 Å².